The summed E-state index contributed by atoms with van der Waals surface area (Å²) in [5.41, 5.74) is 3.21. The summed E-state index contributed by atoms with van der Waals surface area (Å²) in [6.45, 7) is 4.19. The van der Waals surface area contributed by atoms with Crippen LogP contribution in [0.4, 0.5) is 0 Å². The maximum Gasteiger partial charge on any atom is 0.253 e. The average Bonchev–Trinajstić information content (AvgIpc) is 3.11. The molecule has 1 amide bonds. The Bertz CT molecular complexity index is 529. The maximum atomic E-state index is 12.6. The van der Waals surface area contributed by atoms with Gasteiger partial charge in [-0.15, -0.1) is 0 Å². The number of ether oxygens (including phenoxy) is 1. The number of likely N-dealkylation sites (tertiary alicyclic amines) is 1. The SMILES string of the molecule is O=C(c1ccc2c(c1)COC2)N1C[C@@H]2CCCN[C@@H]2C1. The van der Waals surface area contributed by atoms with Crippen molar-refractivity contribution >= 4 is 5.91 Å². The lowest BCUT2D eigenvalue weighted by Crippen LogP contribution is -2.41. The zero-order chi connectivity index (χ0) is 13.5. The molecule has 1 N–H and O–H groups in total. The van der Waals surface area contributed by atoms with E-state index in [0.29, 0.717) is 25.2 Å². The van der Waals surface area contributed by atoms with E-state index in [4.69, 9.17) is 4.74 Å². The van der Waals surface area contributed by atoms with Gasteiger partial charge in [-0.05, 0) is 48.6 Å². The fourth-order valence-corrected chi connectivity index (χ4v) is 3.70. The van der Waals surface area contributed by atoms with Crippen LogP contribution in [0.3, 0.4) is 0 Å². The largest absolute Gasteiger partial charge is 0.372 e. The summed E-state index contributed by atoms with van der Waals surface area (Å²) < 4.78 is 5.42. The van der Waals surface area contributed by atoms with Gasteiger partial charge in [-0.25, -0.2) is 0 Å². The molecule has 0 bridgehead atoms. The van der Waals surface area contributed by atoms with Gasteiger partial charge in [-0.3, -0.25) is 4.79 Å². The molecular formula is C16H20N2O2. The van der Waals surface area contributed by atoms with Gasteiger partial charge in [-0.1, -0.05) is 6.07 Å². The van der Waals surface area contributed by atoms with Crippen LogP contribution in [0.1, 0.15) is 34.3 Å². The van der Waals surface area contributed by atoms with Gasteiger partial charge >= 0.3 is 0 Å². The lowest BCUT2D eigenvalue weighted by molar-refractivity contribution is 0.0785. The van der Waals surface area contributed by atoms with E-state index in [1.165, 1.54) is 24.0 Å². The lowest BCUT2D eigenvalue weighted by Gasteiger charge is -2.24. The fraction of sp³-hybridized carbons (Fsp3) is 0.562. The van der Waals surface area contributed by atoms with Crippen LogP contribution in [0, 0.1) is 5.92 Å². The van der Waals surface area contributed by atoms with Gasteiger partial charge in [-0.2, -0.15) is 0 Å². The minimum absolute atomic E-state index is 0.177. The van der Waals surface area contributed by atoms with E-state index >= 15 is 0 Å². The molecule has 3 aliphatic heterocycles. The van der Waals surface area contributed by atoms with Crippen molar-refractivity contribution in [2.75, 3.05) is 19.6 Å². The summed E-state index contributed by atoms with van der Waals surface area (Å²) in [7, 11) is 0. The Morgan fingerprint density at radius 1 is 1.25 bits per heavy atom. The number of carbonyl (C=O) groups excluding carboxylic acids is 1. The van der Waals surface area contributed by atoms with Crippen molar-refractivity contribution in [3.63, 3.8) is 0 Å². The molecule has 2 fully saturated rings. The molecule has 0 radical (unpaired) electrons. The van der Waals surface area contributed by atoms with Crippen molar-refractivity contribution in [3.05, 3.63) is 34.9 Å². The Kier molecular flexibility index (Phi) is 3.00. The van der Waals surface area contributed by atoms with Gasteiger partial charge in [0.2, 0.25) is 0 Å². The van der Waals surface area contributed by atoms with Crippen LogP contribution in [0.5, 0.6) is 0 Å². The van der Waals surface area contributed by atoms with Gasteiger partial charge in [0.05, 0.1) is 13.2 Å². The minimum Gasteiger partial charge on any atom is -0.372 e. The molecule has 106 valence electrons. The van der Waals surface area contributed by atoms with Crippen molar-refractivity contribution < 1.29 is 9.53 Å². The normalized spacial score (nSPS) is 28.3. The first-order valence-corrected chi connectivity index (χ1v) is 7.53. The first kappa shape index (κ1) is 12.4. The van der Waals surface area contributed by atoms with Crippen LogP contribution in [-0.2, 0) is 18.0 Å². The minimum atomic E-state index is 0.177. The number of nitrogens with zero attached hydrogens (tertiary/aromatic N) is 1. The van der Waals surface area contributed by atoms with Gasteiger partial charge in [0.25, 0.3) is 5.91 Å². The van der Waals surface area contributed by atoms with E-state index in [9.17, 15) is 4.79 Å². The molecule has 20 heavy (non-hydrogen) atoms. The third kappa shape index (κ3) is 2.03. The van der Waals surface area contributed by atoms with E-state index in [2.05, 4.69) is 5.32 Å². The highest BCUT2D eigenvalue weighted by atomic mass is 16.5. The van der Waals surface area contributed by atoms with Crippen LogP contribution in [-0.4, -0.2) is 36.5 Å². The van der Waals surface area contributed by atoms with Crippen LogP contribution in [0.15, 0.2) is 18.2 Å². The third-order valence-corrected chi connectivity index (χ3v) is 4.85. The van der Waals surface area contributed by atoms with E-state index in [-0.39, 0.29) is 5.91 Å². The highest BCUT2D eigenvalue weighted by Crippen LogP contribution is 2.27. The van der Waals surface area contributed by atoms with Gasteiger partial charge in [0, 0.05) is 24.7 Å². The van der Waals surface area contributed by atoms with Crippen LogP contribution in [0.2, 0.25) is 0 Å². The molecule has 4 heteroatoms. The monoisotopic (exact) mass is 272 g/mol. The van der Waals surface area contributed by atoms with Crippen molar-refractivity contribution in [1.29, 1.82) is 0 Å². The van der Waals surface area contributed by atoms with Crippen molar-refractivity contribution in [3.8, 4) is 0 Å². The van der Waals surface area contributed by atoms with E-state index in [1.807, 2.05) is 23.1 Å². The highest BCUT2D eigenvalue weighted by Gasteiger charge is 2.36. The van der Waals surface area contributed by atoms with E-state index in [1.54, 1.807) is 0 Å². The Labute approximate surface area is 119 Å². The lowest BCUT2D eigenvalue weighted by atomic mass is 9.94. The number of benzene rings is 1. The number of carbonyl (C=O) groups is 1. The van der Waals surface area contributed by atoms with Crippen molar-refractivity contribution in [1.82, 2.24) is 10.2 Å². The molecule has 3 aliphatic rings. The first-order chi connectivity index (χ1) is 9.81. The number of rotatable bonds is 1. The molecule has 1 aromatic rings. The summed E-state index contributed by atoms with van der Waals surface area (Å²) in [6, 6.07) is 6.51. The standard InChI is InChI=1S/C16H20N2O2/c19-16(11-3-4-13-9-20-10-14(13)6-11)18-7-12-2-1-5-17-15(12)8-18/h3-4,6,12,15,17H,1-2,5,7-10H2/t12-,15+/m0/s1. The summed E-state index contributed by atoms with van der Waals surface area (Å²) in [4.78, 5) is 14.7. The molecule has 0 aliphatic carbocycles. The fourth-order valence-electron chi connectivity index (χ4n) is 3.70. The van der Waals surface area contributed by atoms with Crippen LogP contribution in [0.25, 0.3) is 0 Å². The number of fused-ring (bicyclic) bond motifs is 2. The summed E-state index contributed by atoms with van der Waals surface area (Å²) >= 11 is 0. The van der Waals surface area contributed by atoms with Gasteiger partial charge in [0.1, 0.15) is 0 Å². The first-order valence-electron chi connectivity index (χ1n) is 7.53. The van der Waals surface area contributed by atoms with Crippen molar-refractivity contribution in [2.45, 2.75) is 32.1 Å². The summed E-state index contributed by atoms with van der Waals surface area (Å²) in [5, 5.41) is 3.55. The average molecular weight is 272 g/mol. The van der Waals surface area contributed by atoms with Gasteiger partial charge in [0.15, 0.2) is 0 Å². The molecule has 0 spiro atoms. The third-order valence-electron chi connectivity index (χ3n) is 4.85. The second-order valence-electron chi connectivity index (χ2n) is 6.15. The summed E-state index contributed by atoms with van der Waals surface area (Å²) in [6.07, 6.45) is 2.48. The van der Waals surface area contributed by atoms with Crippen LogP contribution < -0.4 is 5.32 Å². The molecule has 0 unspecified atom stereocenters. The van der Waals surface area contributed by atoms with Crippen LogP contribution >= 0.6 is 0 Å². The molecule has 2 saturated heterocycles. The molecular weight excluding hydrogens is 252 g/mol. The number of amides is 1. The zero-order valence-electron chi connectivity index (χ0n) is 11.6. The second-order valence-corrected chi connectivity index (χ2v) is 6.15. The van der Waals surface area contributed by atoms with E-state index < -0.39 is 0 Å². The zero-order valence-corrected chi connectivity index (χ0v) is 11.6. The molecule has 3 heterocycles. The second kappa shape index (κ2) is 4.86. The number of hydrogen-bond acceptors (Lipinski definition) is 3. The predicted molar refractivity (Wildman–Crippen MR) is 75.4 cm³/mol. The quantitative estimate of drug-likeness (QED) is 0.843. The topological polar surface area (TPSA) is 41.6 Å². The molecule has 2 atom stereocenters. The Balaban J connectivity index is 1.53. The van der Waals surface area contributed by atoms with E-state index in [0.717, 1.165) is 25.2 Å². The molecule has 4 rings (SSSR count). The number of piperidine rings is 1. The highest BCUT2D eigenvalue weighted by molar-refractivity contribution is 5.94. The molecule has 0 aromatic heterocycles. The predicted octanol–water partition coefficient (Wildman–Crippen LogP) is 1.54. The molecule has 4 nitrogen and oxygen atoms in total. The number of hydrogen-bond donors (Lipinski definition) is 1. The summed E-state index contributed by atoms with van der Waals surface area (Å²) in [5.74, 6) is 0.821. The van der Waals surface area contributed by atoms with Gasteiger partial charge < -0.3 is 15.0 Å². The maximum absolute atomic E-state index is 12.6. The Hall–Kier alpha value is -1.39. The smallest absolute Gasteiger partial charge is 0.253 e. The Morgan fingerprint density at radius 2 is 2.15 bits per heavy atom. The number of nitrogens with one attached hydrogen (secondary N) is 1. The Morgan fingerprint density at radius 3 is 3.05 bits per heavy atom. The molecule has 0 saturated carbocycles. The molecule has 1 aromatic carbocycles. The van der Waals surface area contributed by atoms with Crippen molar-refractivity contribution in [2.24, 2.45) is 5.92 Å².